The molecule has 0 N–H and O–H groups in total. The highest BCUT2D eigenvalue weighted by Crippen LogP contribution is 2.33. The van der Waals surface area contributed by atoms with Crippen LogP contribution < -0.4 is 4.74 Å². The van der Waals surface area contributed by atoms with Crippen molar-refractivity contribution in [1.29, 1.82) is 5.26 Å². The average molecular weight is 269 g/mol. The van der Waals surface area contributed by atoms with Gasteiger partial charge in [-0.2, -0.15) is 5.26 Å². The summed E-state index contributed by atoms with van der Waals surface area (Å²) in [6.45, 7) is 4.23. The predicted octanol–water partition coefficient (Wildman–Crippen LogP) is 5.00. The van der Waals surface area contributed by atoms with Gasteiger partial charge < -0.3 is 4.74 Å². The van der Waals surface area contributed by atoms with E-state index in [1.165, 1.54) is 18.2 Å². The smallest absolute Gasteiger partial charge is 0.145 e. The summed E-state index contributed by atoms with van der Waals surface area (Å²) in [5, 5.41) is 9.05. The van der Waals surface area contributed by atoms with Crippen LogP contribution in [0.15, 0.2) is 42.5 Å². The largest absolute Gasteiger partial charge is 0.456 e. The van der Waals surface area contributed by atoms with Gasteiger partial charge in [0.25, 0.3) is 0 Å². The molecule has 2 aromatic rings. The predicted molar refractivity (Wildman–Crippen MR) is 76.3 cm³/mol. The second-order valence-electron chi connectivity index (χ2n) is 4.70. The van der Waals surface area contributed by atoms with Crippen molar-refractivity contribution in [2.45, 2.75) is 26.2 Å². The van der Waals surface area contributed by atoms with E-state index in [-0.39, 0.29) is 5.56 Å². The Morgan fingerprint density at radius 2 is 1.95 bits per heavy atom. The number of nitriles is 1. The topological polar surface area (TPSA) is 33.0 Å². The Kier molecular flexibility index (Phi) is 4.37. The minimum atomic E-state index is -0.441. The molecule has 2 rings (SSSR count). The summed E-state index contributed by atoms with van der Waals surface area (Å²) in [7, 11) is 0. The number of rotatable bonds is 4. The number of benzene rings is 2. The highest BCUT2D eigenvalue weighted by atomic mass is 19.1. The first-order valence-corrected chi connectivity index (χ1v) is 6.62. The molecule has 0 heterocycles. The van der Waals surface area contributed by atoms with Crippen molar-refractivity contribution >= 4 is 0 Å². The number of halogens is 1. The second kappa shape index (κ2) is 6.21. The normalized spacial score (nSPS) is 11.7. The Hall–Kier alpha value is -2.34. The third-order valence-corrected chi connectivity index (χ3v) is 3.34. The third kappa shape index (κ3) is 2.97. The molecule has 0 saturated heterocycles. The van der Waals surface area contributed by atoms with Crippen molar-refractivity contribution in [3.8, 4) is 17.6 Å². The fourth-order valence-corrected chi connectivity index (χ4v) is 2.00. The Balaban J connectivity index is 2.38. The Bertz CT molecular complexity index is 646. The van der Waals surface area contributed by atoms with Crippen LogP contribution in [-0.2, 0) is 0 Å². The first-order valence-electron chi connectivity index (χ1n) is 6.62. The van der Waals surface area contributed by atoms with Gasteiger partial charge in [-0.15, -0.1) is 0 Å². The van der Waals surface area contributed by atoms with Crippen LogP contribution in [0.3, 0.4) is 0 Å². The van der Waals surface area contributed by atoms with Gasteiger partial charge in [0.2, 0.25) is 0 Å². The lowest BCUT2D eigenvalue weighted by molar-refractivity contribution is 0.467. The molecule has 0 aliphatic heterocycles. The maximum Gasteiger partial charge on any atom is 0.145 e. The summed E-state index contributed by atoms with van der Waals surface area (Å²) in [4.78, 5) is 0. The van der Waals surface area contributed by atoms with Gasteiger partial charge in [-0.25, -0.2) is 4.39 Å². The van der Waals surface area contributed by atoms with Gasteiger partial charge in [-0.1, -0.05) is 32.0 Å². The lowest BCUT2D eigenvalue weighted by atomic mass is 9.98. The molecule has 1 atom stereocenters. The van der Waals surface area contributed by atoms with Crippen molar-refractivity contribution in [3.63, 3.8) is 0 Å². The molecule has 1 unspecified atom stereocenters. The lowest BCUT2D eigenvalue weighted by Crippen LogP contribution is -1.97. The van der Waals surface area contributed by atoms with E-state index in [2.05, 4.69) is 13.8 Å². The first-order chi connectivity index (χ1) is 9.65. The first kappa shape index (κ1) is 14.1. The Labute approximate surface area is 118 Å². The summed E-state index contributed by atoms with van der Waals surface area (Å²) in [5.41, 5.74) is 1.28. The molecule has 0 bridgehead atoms. The van der Waals surface area contributed by atoms with E-state index in [1.54, 1.807) is 0 Å². The van der Waals surface area contributed by atoms with Crippen molar-refractivity contribution in [2.75, 3.05) is 0 Å². The molecular weight excluding hydrogens is 253 g/mol. The highest BCUT2D eigenvalue weighted by molar-refractivity contribution is 5.47. The Morgan fingerprint density at radius 1 is 1.20 bits per heavy atom. The van der Waals surface area contributed by atoms with Crippen molar-refractivity contribution in [2.24, 2.45) is 0 Å². The van der Waals surface area contributed by atoms with Crippen molar-refractivity contribution < 1.29 is 9.13 Å². The standard InChI is InChI=1S/C17H16FNO/c1-3-12(2)15-6-4-5-7-17(15)20-16-9-8-14(18)10-13(16)11-19/h4-10,12H,3H2,1-2H3. The van der Waals surface area contributed by atoms with E-state index >= 15 is 0 Å². The molecule has 0 aliphatic rings. The van der Waals surface area contributed by atoms with Crippen LogP contribution >= 0.6 is 0 Å². The maximum atomic E-state index is 13.1. The molecule has 0 aromatic heterocycles. The SMILES string of the molecule is CCC(C)c1ccccc1Oc1ccc(F)cc1C#N. The Morgan fingerprint density at radius 3 is 2.65 bits per heavy atom. The summed E-state index contributed by atoms with van der Waals surface area (Å²) in [6.07, 6.45) is 0.995. The van der Waals surface area contributed by atoms with E-state index in [9.17, 15) is 4.39 Å². The van der Waals surface area contributed by atoms with E-state index in [1.807, 2.05) is 30.3 Å². The lowest BCUT2D eigenvalue weighted by Gasteiger charge is -2.16. The molecule has 20 heavy (non-hydrogen) atoms. The minimum Gasteiger partial charge on any atom is -0.456 e. The molecule has 0 radical (unpaired) electrons. The molecular formula is C17H16FNO. The molecule has 0 saturated carbocycles. The van der Waals surface area contributed by atoms with Crippen LogP contribution in [0.5, 0.6) is 11.5 Å². The van der Waals surface area contributed by atoms with Gasteiger partial charge in [0, 0.05) is 0 Å². The van der Waals surface area contributed by atoms with Crippen LogP contribution in [-0.4, -0.2) is 0 Å². The summed E-state index contributed by atoms with van der Waals surface area (Å²) < 4.78 is 18.9. The van der Waals surface area contributed by atoms with Crippen LogP contribution in [0.25, 0.3) is 0 Å². The molecule has 3 heteroatoms. The number of ether oxygens (including phenoxy) is 1. The fraction of sp³-hybridized carbons (Fsp3) is 0.235. The third-order valence-electron chi connectivity index (χ3n) is 3.34. The molecule has 2 nitrogen and oxygen atoms in total. The van der Waals surface area contributed by atoms with Crippen LogP contribution in [0.1, 0.15) is 37.3 Å². The summed E-state index contributed by atoms with van der Waals surface area (Å²) in [6, 6.07) is 13.6. The van der Waals surface area contributed by atoms with Crippen molar-refractivity contribution in [3.05, 3.63) is 59.4 Å². The van der Waals surface area contributed by atoms with Gasteiger partial charge in [-0.05, 0) is 42.2 Å². The summed E-state index contributed by atoms with van der Waals surface area (Å²) >= 11 is 0. The van der Waals surface area contributed by atoms with Crippen LogP contribution in [0.4, 0.5) is 4.39 Å². The molecule has 0 spiro atoms. The molecule has 0 aliphatic carbocycles. The van der Waals surface area contributed by atoms with Gasteiger partial charge in [-0.3, -0.25) is 0 Å². The van der Waals surface area contributed by atoms with Gasteiger partial charge in [0.05, 0.1) is 5.56 Å². The number of hydrogen-bond donors (Lipinski definition) is 0. The minimum absolute atomic E-state index is 0.198. The van der Waals surface area contributed by atoms with E-state index in [0.717, 1.165) is 12.0 Å². The zero-order valence-corrected chi connectivity index (χ0v) is 11.6. The highest BCUT2D eigenvalue weighted by Gasteiger charge is 2.12. The number of para-hydroxylation sites is 1. The van der Waals surface area contributed by atoms with Crippen LogP contribution in [0.2, 0.25) is 0 Å². The van der Waals surface area contributed by atoms with Crippen LogP contribution in [0, 0.1) is 17.1 Å². The van der Waals surface area contributed by atoms with Gasteiger partial charge in [0.15, 0.2) is 0 Å². The van der Waals surface area contributed by atoms with Gasteiger partial charge in [0.1, 0.15) is 23.4 Å². The van der Waals surface area contributed by atoms with Gasteiger partial charge >= 0.3 is 0 Å². The quantitative estimate of drug-likeness (QED) is 0.782. The average Bonchev–Trinajstić information content (AvgIpc) is 2.48. The zero-order chi connectivity index (χ0) is 14.5. The van der Waals surface area contributed by atoms with E-state index < -0.39 is 5.82 Å². The molecule has 102 valence electrons. The molecule has 0 fully saturated rings. The van der Waals surface area contributed by atoms with E-state index in [4.69, 9.17) is 10.00 Å². The fourth-order valence-electron chi connectivity index (χ4n) is 2.00. The van der Waals surface area contributed by atoms with E-state index in [0.29, 0.717) is 17.4 Å². The zero-order valence-electron chi connectivity index (χ0n) is 11.6. The number of hydrogen-bond acceptors (Lipinski definition) is 2. The second-order valence-corrected chi connectivity index (χ2v) is 4.70. The maximum absolute atomic E-state index is 13.1. The monoisotopic (exact) mass is 269 g/mol. The number of nitrogens with zero attached hydrogens (tertiary/aromatic N) is 1. The van der Waals surface area contributed by atoms with Crippen molar-refractivity contribution in [1.82, 2.24) is 0 Å². The summed E-state index contributed by atoms with van der Waals surface area (Å²) in [5.74, 6) is 1.01. The molecule has 0 amide bonds. The molecule has 2 aromatic carbocycles.